The maximum absolute atomic E-state index is 2.67. The van der Waals surface area contributed by atoms with Crippen molar-refractivity contribution in [3.63, 3.8) is 0 Å². The highest BCUT2D eigenvalue weighted by molar-refractivity contribution is 5.74. The van der Waals surface area contributed by atoms with E-state index in [0.29, 0.717) is 10.8 Å². The van der Waals surface area contributed by atoms with Gasteiger partial charge in [0.25, 0.3) is 0 Å². The smallest absolute Gasteiger partial charge is 0.0443 e. The molecule has 2 heterocycles. The predicted molar refractivity (Wildman–Crippen MR) is 81.4 cm³/mol. The topological polar surface area (TPSA) is 3.24 Å². The van der Waals surface area contributed by atoms with E-state index in [1.807, 2.05) is 0 Å². The maximum atomic E-state index is 2.67. The van der Waals surface area contributed by atoms with Crippen LogP contribution in [-0.4, -0.2) is 13.1 Å². The Hall–Kier alpha value is -0.980. The zero-order valence-corrected chi connectivity index (χ0v) is 12.9. The van der Waals surface area contributed by atoms with E-state index in [1.165, 1.54) is 31.5 Å². The fourth-order valence-corrected chi connectivity index (χ4v) is 5.20. The highest BCUT2D eigenvalue weighted by atomic mass is 15.2. The van der Waals surface area contributed by atoms with Crippen LogP contribution in [0.5, 0.6) is 0 Å². The number of anilines is 1. The molecular weight excluding hydrogens is 230 g/mol. The second-order valence-electron chi connectivity index (χ2n) is 8.26. The molecule has 0 fully saturated rings. The molecule has 0 saturated carbocycles. The third kappa shape index (κ3) is 1.32. The highest BCUT2D eigenvalue weighted by Gasteiger charge is 2.48. The molecule has 1 heteroatoms. The molecule has 1 aromatic rings. The molecule has 0 aromatic heterocycles. The Kier molecular flexibility index (Phi) is 1.98. The van der Waals surface area contributed by atoms with Crippen LogP contribution in [0.25, 0.3) is 0 Å². The molecule has 1 aliphatic carbocycles. The molecule has 0 amide bonds. The first kappa shape index (κ1) is 11.8. The predicted octanol–water partition coefficient (Wildman–Crippen LogP) is 4.26. The first-order chi connectivity index (χ1) is 8.81. The van der Waals surface area contributed by atoms with E-state index in [1.54, 1.807) is 22.4 Å². The molecule has 2 aliphatic heterocycles. The zero-order chi connectivity index (χ0) is 13.6. The minimum absolute atomic E-state index is 0.330. The number of aryl methyl sites for hydroxylation is 1. The molecule has 4 rings (SSSR count). The molecule has 1 unspecified atom stereocenters. The minimum Gasteiger partial charge on any atom is -0.370 e. The summed E-state index contributed by atoms with van der Waals surface area (Å²) in [6, 6.07) is 2.50. The summed E-state index contributed by atoms with van der Waals surface area (Å²) in [5.74, 6) is 0.823. The Bertz CT molecular complexity index is 580. The largest absolute Gasteiger partial charge is 0.370 e. The lowest BCUT2D eigenvalue weighted by Gasteiger charge is -2.31. The van der Waals surface area contributed by atoms with E-state index < -0.39 is 0 Å². The van der Waals surface area contributed by atoms with Gasteiger partial charge in [0.1, 0.15) is 0 Å². The van der Waals surface area contributed by atoms with Gasteiger partial charge in [-0.05, 0) is 53.4 Å². The third-order valence-corrected chi connectivity index (χ3v) is 5.76. The number of benzene rings is 1. The lowest BCUT2D eigenvalue weighted by atomic mass is 9.79. The lowest BCUT2D eigenvalue weighted by molar-refractivity contribution is 0.449. The lowest BCUT2D eigenvalue weighted by Crippen LogP contribution is -2.32. The summed E-state index contributed by atoms with van der Waals surface area (Å²) in [6.45, 7) is 14.5. The number of hydrogen-bond acceptors (Lipinski definition) is 1. The van der Waals surface area contributed by atoms with Gasteiger partial charge in [0, 0.05) is 24.2 Å². The van der Waals surface area contributed by atoms with Crippen molar-refractivity contribution in [1.29, 1.82) is 0 Å². The number of hydrogen-bond donors (Lipinski definition) is 0. The first-order valence-electron chi connectivity index (χ1n) is 7.75. The van der Waals surface area contributed by atoms with Crippen LogP contribution in [0.2, 0.25) is 0 Å². The van der Waals surface area contributed by atoms with Gasteiger partial charge in [-0.25, -0.2) is 0 Å². The second kappa shape index (κ2) is 3.19. The van der Waals surface area contributed by atoms with E-state index in [4.69, 9.17) is 0 Å². The summed E-state index contributed by atoms with van der Waals surface area (Å²) >= 11 is 0. The highest BCUT2D eigenvalue weighted by Crippen LogP contribution is 2.58. The van der Waals surface area contributed by atoms with Crippen LogP contribution < -0.4 is 4.90 Å². The number of nitrogens with zero attached hydrogens (tertiary/aromatic N) is 1. The van der Waals surface area contributed by atoms with E-state index in [-0.39, 0.29) is 0 Å². The average Bonchev–Trinajstić information content (AvgIpc) is 2.70. The summed E-state index contributed by atoms with van der Waals surface area (Å²) in [7, 11) is 0. The molecule has 1 aromatic carbocycles. The van der Waals surface area contributed by atoms with Crippen molar-refractivity contribution < 1.29 is 0 Å². The average molecular weight is 255 g/mol. The maximum Gasteiger partial charge on any atom is 0.0443 e. The van der Waals surface area contributed by atoms with Gasteiger partial charge in [-0.1, -0.05) is 33.8 Å². The van der Waals surface area contributed by atoms with Gasteiger partial charge in [-0.2, -0.15) is 0 Å². The van der Waals surface area contributed by atoms with Crippen molar-refractivity contribution in [2.75, 3.05) is 18.0 Å². The standard InChI is InChI=1S/C18H25N/c1-11-8-13-16-14-12(9-17(2,3)15(11)14)6-7-19(16)10-18(13,4)5/h8,12H,6-7,9-10H2,1-5H3. The molecule has 3 aliphatic rings. The quantitative estimate of drug-likeness (QED) is 0.669. The van der Waals surface area contributed by atoms with Crippen LogP contribution in [0, 0.1) is 6.92 Å². The molecule has 102 valence electrons. The Morgan fingerprint density at radius 3 is 2.63 bits per heavy atom. The Labute approximate surface area is 117 Å². The molecule has 0 saturated heterocycles. The summed E-state index contributed by atoms with van der Waals surface area (Å²) in [5, 5.41) is 0. The normalized spacial score (nSPS) is 28.7. The molecule has 0 N–H and O–H groups in total. The van der Waals surface area contributed by atoms with Crippen molar-refractivity contribution in [2.45, 2.75) is 64.2 Å². The van der Waals surface area contributed by atoms with Gasteiger partial charge < -0.3 is 4.90 Å². The van der Waals surface area contributed by atoms with Crippen molar-refractivity contribution in [3.8, 4) is 0 Å². The van der Waals surface area contributed by atoms with Crippen molar-refractivity contribution in [3.05, 3.63) is 28.3 Å². The summed E-state index contributed by atoms with van der Waals surface area (Å²) in [6.07, 6.45) is 2.72. The van der Waals surface area contributed by atoms with E-state index >= 15 is 0 Å². The van der Waals surface area contributed by atoms with Gasteiger partial charge in [0.05, 0.1) is 0 Å². The van der Waals surface area contributed by atoms with E-state index in [9.17, 15) is 0 Å². The van der Waals surface area contributed by atoms with Crippen molar-refractivity contribution in [2.24, 2.45) is 0 Å². The van der Waals surface area contributed by atoms with Crippen LogP contribution >= 0.6 is 0 Å². The Morgan fingerprint density at radius 1 is 1.16 bits per heavy atom. The number of rotatable bonds is 0. The molecule has 19 heavy (non-hydrogen) atoms. The summed E-state index contributed by atoms with van der Waals surface area (Å²) < 4.78 is 0. The summed E-state index contributed by atoms with van der Waals surface area (Å²) in [4.78, 5) is 2.67. The van der Waals surface area contributed by atoms with Gasteiger partial charge >= 0.3 is 0 Å². The fourth-order valence-electron chi connectivity index (χ4n) is 5.20. The molecule has 0 radical (unpaired) electrons. The fraction of sp³-hybridized carbons (Fsp3) is 0.667. The van der Waals surface area contributed by atoms with Gasteiger partial charge in [0.15, 0.2) is 0 Å². The van der Waals surface area contributed by atoms with Crippen molar-refractivity contribution >= 4 is 5.69 Å². The molecule has 1 nitrogen and oxygen atoms in total. The molecule has 1 atom stereocenters. The Balaban J connectivity index is 2.09. The van der Waals surface area contributed by atoms with Crippen LogP contribution in [0.1, 0.15) is 68.7 Å². The van der Waals surface area contributed by atoms with Gasteiger partial charge in [0.2, 0.25) is 0 Å². The van der Waals surface area contributed by atoms with Crippen LogP contribution in [0.4, 0.5) is 5.69 Å². The minimum atomic E-state index is 0.330. The van der Waals surface area contributed by atoms with Gasteiger partial charge in [-0.3, -0.25) is 0 Å². The second-order valence-corrected chi connectivity index (χ2v) is 8.26. The Morgan fingerprint density at radius 2 is 1.89 bits per heavy atom. The summed E-state index contributed by atoms with van der Waals surface area (Å²) in [5.41, 5.74) is 8.91. The SMILES string of the molecule is Cc1cc2c3c4c1C(C)(C)CC4CCN3CC2(C)C. The van der Waals surface area contributed by atoms with E-state index in [0.717, 1.165) is 5.92 Å². The van der Waals surface area contributed by atoms with Crippen molar-refractivity contribution in [1.82, 2.24) is 0 Å². The van der Waals surface area contributed by atoms with E-state index in [2.05, 4.69) is 45.6 Å². The van der Waals surface area contributed by atoms with Crippen LogP contribution in [-0.2, 0) is 10.8 Å². The van der Waals surface area contributed by atoms with Crippen LogP contribution in [0.15, 0.2) is 6.07 Å². The zero-order valence-electron chi connectivity index (χ0n) is 12.9. The molecule has 0 bridgehead atoms. The third-order valence-electron chi connectivity index (χ3n) is 5.76. The molecular formula is C18H25N. The first-order valence-corrected chi connectivity index (χ1v) is 7.75. The monoisotopic (exact) mass is 255 g/mol. The molecule has 0 spiro atoms. The van der Waals surface area contributed by atoms with Crippen LogP contribution in [0.3, 0.4) is 0 Å². The van der Waals surface area contributed by atoms with Gasteiger partial charge in [-0.15, -0.1) is 0 Å².